The Morgan fingerprint density at radius 1 is 1.39 bits per heavy atom. The van der Waals surface area contributed by atoms with Crippen molar-refractivity contribution in [3.63, 3.8) is 0 Å². The number of nitrogens with zero attached hydrogens (tertiary/aromatic N) is 2. The summed E-state index contributed by atoms with van der Waals surface area (Å²) in [4.78, 5) is 24.2. The highest BCUT2D eigenvalue weighted by Gasteiger charge is 2.13. The van der Waals surface area contributed by atoms with Crippen LogP contribution in [0.4, 0.5) is 0 Å². The Bertz CT molecular complexity index is 716. The van der Waals surface area contributed by atoms with Crippen LogP contribution in [0.3, 0.4) is 0 Å². The van der Waals surface area contributed by atoms with Gasteiger partial charge in [-0.3, -0.25) is 13.9 Å². The summed E-state index contributed by atoms with van der Waals surface area (Å²) < 4.78 is 2.34. The van der Waals surface area contributed by atoms with Gasteiger partial charge in [-0.15, -0.1) is 0 Å². The number of hydrogen-bond donors (Lipinski definition) is 1. The highest BCUT2D eigenvalue weighted by Crippen LogP contribution is 2.18. The number of aromatic nitrogens is 2. The lowest BCUT2D eigenvalue weighted by Gasteiger charge is -2.12. The Balaban J connectivity index is 2.93. The molecule has 1 atom stereocenters. The minimum Gasteiger partial charge on any atom is -0.392 e. The van der Waals surface area contributed by atoms with Crippen LogP contribution in [0.15, 0.2) is 27.8 Å². The minimum absolute atomic E-state index is 0.0338. The zero-order chi connectivity index (χ0) is 13.4. The van der Waals surface area contributed by atoms with Crippen LogP contribution < -0.4 is 11.2 Å². The second kappa shape index (κ2) is 4.59. The van der Waals surface area contributed by atoms with Gasteiger partial charge in [0.05, 0.1) is 28.6 Å². The van der Waals surface area contributed by atoms with E-state index in [1.807, 2.05) is 0 Å². The molecular weight excluding hydrogens is 256 g/mol. The zero-order valence-corrected chi connectivity index (χ0v) is 10.8. The van der Waals surface area contributed by atoms with Crippen molar-refractivity contribution in [2.75, 3.05) is 0 Å². The number of rotatable bonds is 2. The molecule has 0 saturated heterocycles. The summed E-state index contributed by atoms with van der Waals surface area (Å²) in [5.41, 5.74) is -0.506. The molecule has 0 fully saturated rings. The molecule has 1 heterocycles. The lowest BCUT2D eigenvalue weighted by molar-refractivity contribution is 0.170. The summed E-state index contributed by atoms with van der Waals surface area (Å²) in [6.07, 6.45) is -0.771. The normalized spacial score (nSPS) is 12.9. The van der Waals surface area contributed by atoms with E-state index in [4.69, 9.17) is 11.6 Å². The highest BCUT2D eigenvalue weighted by atomic mass is 35.5. The Hall–Kier alpha value is -1.59. The number of halogens is 1. The molecule has 0 aliphatic carbocycles. The predicted octanol–water partition coefficient (Wildman–Crippen LogP) is 0.734. The number of aliphatic hydroxyl groups excluding tert-OH is 1. The molecule has 18 heavy (non-hydrogen) atoms. The number of hydrogen-bond acceptors (Lipinski definition) is 3. The van der Waals surface area contributed by atoms with E-state index in [-0.39, 0.29) is 6.54 Å². The molecule has 5 nitrogen and oxygen atoms in total. The smallest absolute Gasteiger partial charge is 0.331 e. The van der Waals surface area contributed by atoms with Crippen LogP contribution in [0.2, 0.25) is 5.02 Å². The fourth-order valence-electron chi connectivity index (χ4n) is 1.96. The topological polar surface area (TPSA) is 64.2 Å². The molecule has 0 amide bonds. The molecular formula is C12H13ClN2O3. The van der Waals surface area contributed by atoms with Crippen molar-refractivity contribution < 1.29 is 5.11 Å². The van der Waals surface area contributed by atoms with Crippen LogP contribution in [-0.2, 0) is 13.6 Å². The molecule has 0 aliphatic rings. The van der Waals surface area contributed by atoms with Crippen LogP contribution >= 0.6 is 11.6 Å². The first-order valence-corrected chi connectivity index (χ1v) is 5.87. The molecule has 0 saturated carbocycles. The predicted molar refractivity (Wildman–Crippen MR) is 70.1 cm³/mol. The summed E-state index contributed by atoms with van der Waals surface area (Å²) in [6.45, 7) is 1.49. The maximum Gasteiger partial charge on any atom is 0.331 e. The summed E-state index contributed by atoms with van der Waals surface area (Å²) in [5, 5.41) is 10.1. The van der Waals surface area contributed by atoms with Crippen LogP contribution in [0.25, 0.3) is 10.9 Å². The van der Waals surface area contributed by atoms with Gasteiger partial charge in [0, 0.05) is 7.05 Å². The van der Waals surface area contributed by atoms with Crippen molar-refractivity contribution in [3.05, 3.63) is 44.1 Å². The highest BCUT2D eigenvalue weighted by molar-refractivity contribution is 6.35. The van der Waals surface area contributed by atoms with Gasteiger partial charge in [0.1, 0.15) is 0 Å². The molecule has 96 valence electrons. The third-order valence-electron chi connectivity index (χ3n) is 2.76. The van der Waals surface area contributed by atoms with Crippen molar-refractivity contribution in [1.82, 2.24) is 9.13 Å². The van der Waals surface area contributed by atoms with Crippen molar-refractivity contribution in [2.45, 2.75) is 19.6 Å². The average Bonchev–Trinajstić information content (AvgIpc) is 2.31. The number of benzene rings is 1. The number of aryl methyl sites for hydroxylation is 1. The molecule has 2 aromatic rings. The molecule has 0 spiro atoms. The Labute approximate surface area is 108 Å². The lowest BCUT2D eigenvalue weighted by Crippen LogP contribution is -2.41. The summed E-state index contributed by atoms with van der Waals surface area (Å²) in [6, 6.07) is 4.90. The molecule has 0 radical (unpaired) electrons. The van der Waals surface area contributed by atoms with Gasteiger partial charge in [-0.05, 0) is 19.1 Å². The monoisotopic (exact) mass is 268 g/mol. The summed E-state index contributed by atoms with van der Waals surface area (Å²) in [5.74, 6) is 0. The second-order valence-corrected chi connectivity index (χ2v) is 4.65. The maximum atomic E-state index is 12.2. The fraction of sp³-hybridized carbons (Fsp3) is 0.333. The zero-order valence-electron chi connectivity index (χ0n) is 10.1. The van der Waals surface area contributed by atoms with Crippen LogP contribution in [0.5, 0.6) is 0 Å². The van der Waals surface area contributed by atoms with Gasteiger partial charge in [-0.2, -0.15) is 0 Å². The first kappa shape index (κ1) is 12.9. The average molecular weight is 269 g/mol. The number of fused-ring (bicyclic) bond motifs is 1. The van der Waals surface area contributed by atoms with Gasteiger partial charge >= 0.3 is 5.69 Å². The van der Waals surface area contributed by atoms with Gasteiger partial charge in [-0.1, -0.05) is 17.7 Å². The van der Waals surface area contributed by atoms with Gasteiger partial charge in [0.2, 0.25) is 0 Å². The first-order valence-electron chi connectivity index (χ1n) is 5.49. The quantitative estimate of drug-likeness (QED) is 0.874. The van der Waals surface area contributed by atoms with E-state index < -0.39 is 17.4 Å². The van der Waals surface area contributed by atoms with Gasteiger partial charge in [0.15, 0.2) is 0 Å². The van der Waals surface area contributed by atoms with Crippen LogP contribution in [0.1, 0.15) is 6.92 Å². The van der Waals surface area contributed by atoms with Crippen LogP contribution in [0, 0.1) is 0 Å². The van der Waals surface area contributed by atoms with E-state index in [1.165, 1.54) is 11.5 Å². The fourth-order valence-corrected chi connectivity index (χ4v) is 2.26. The van der Waals surface area contributed by atoms with E-state index in [0.29, 0.717) is 15.9 Å². The number of para-hydroxylation sites is 1. The molecule has 0 bridgehead atoms. The lowest BCUT2D eigenvalue weighted by atomic mass is 10.2. The van der Waals surface area contributed by atoms with E-state index in [0.717, 1.165) is 4.57 Å². The SMILES string of the molecule is CC(O)Cn1c(=O)c2cccc(Cl)c2n(C)c1=O. The Kier molecular flexibility index (Phi) is 3.28. The third-order valence-corrected chi connectivity index (χ3v) is 3.07. The van der Waals surface area contributed by atoms with E-state index in [2.05, 4.69) is 0 Å². The molecule has 1 aromatic heterocycles. The Morgan fingerprint density at radius 2 is 2.06 bits per heavy atom. The van der Waals surface area contributed by atoms with Crippen LogP contribution in [-0.4, -0.2) is 20.3 Å². The Morgan fingerprint density at radius 3 is 2.67 bits per heavy atom. The maximum absolute atomic E-state index is 12.2. The summed E-state index contributed by atoms with van der Waals surface area (Å²) >= 11 is 6.01. The third kappa shape index (κ3) is 1.95. The molecule has 1 unspecified atom stereocenters. The van der Waals surface area contributed by atoms with E-state index >= 15 is 0 Å². The number of aliphatic hydroxyl groups is 1. The minimum atomic E-state index is -0.771. The standard InChI is InChI=1S/C12H13ClN2O3/c1-7(16)6-15-11(17)8-4-3-5-9(13)10(8)14(2)12(15)18/h3-5,7,16H,6H2,1-2H3. The van der Waals surface area contributed by atoms with Crippen molar-refractivity contribution in [3.8, 4) is 0 Å². The van der Waals surface area contributed by atoms with Gasteiger partial charge in [-0.25, -0.2) is 4.79 Å². The molecule has 6 heteroatoms. The molecule has 1 N–H and O–H groups in total. The molecule has 0 aliphatic heterocycles. The van der Waals surface area contributed by atoms with Crippen molar-refractivity contribution in [2.24, 2.45) is 7.05 Å². The van der Waals surface area contributed by atoms with Crippen molar-refractivity contribution in [1.29, 1.82) is 0 Å². The molecule has 2 rings (SSSR count). The molecule has 1 aromatic carbocycles. The first-order chi connectivity index (χ1) is 8.43. The van der Waals surface area contributed by atoms with E-state index in [1.54, 1.807) is 25.2 Å². The van der Waals surface area contributed by atoms with Crippen molar-refractivity contribution >= 4 is 22.5 Å². The van der Waals surface area contributed by atoms with Gasteiger partial charge in [0.25, 0.3) is 5.56 Å². The second-order valence-electron chi connectivity index (χ2n) is 4.24. The summed E-state index contributed by atoms with van der Waals surface area (Å²) in [7, 11) is 1.55. The van der Waals surface area contributed by atoms with Gasteiger partial charge < -0.3 is 5.11 Å². The largest absolute Gasteiger partial charge is 0.392 e. The van der Waals surface area contributed by atoms with E-state index in [9.17, 15) is 14.7 Å².